The summed E-state index contributed by atoms with van der Waals surface area (Å²) < 4.78 is 0. The van der Waals surface area contributed by atoms with Crippen molar-refractivity contribution in [1.82, 2.24) is 9.80 Å². The molecule has 6 nitrogen and oxygen atoms in total. The Hall–Kier alpha value is -1.79. The highest BCUT2D eigenvalue weighted by molar-refractivity contribution is 5.94. The fraction of sp³-hybridized carbons (Fsp3) is 0.500. The van der Waals surface area contributed by atoms with E-state index >= 15 is 0 Å². The van der Waals surface area contributed by atoms with Crippen LogP contribution in [-0.2, 0) is 0 Å². The number of carboxylic acid groups (broad SMARTS) is 1. The van der Waals surface area contributed by atoms with Crippen LogP contribution in [0.4, 0.5) is 11.4 Å². The molecule has 1 aromatic rings. The largest absolute Gasteiger partial charge is 0.478 e. The maximum atomic E-state index is 10.9. The maximum absolute atomic E-state index is 10.9. The number of nitrogen functional groups attached to an aromatic ring is 1. The molecule has 0 bridgehead atoms. The number of anilines is 2. The molecule has 110 valence electrons. The first kappa shape index (κ1) is 14.6. The van der Waals surface area contributed by atoms with Crippen molar-refractivity contribution in [3.8, 4) is 0 Å². The minimum atomic E-state index is -0.998. The molecule has 4 N–H and O–H groups in total. The molecule has 1 aliphatic heterocycles. The molecule has 0 radical (unpaired) electrons. The molecule has 6 heteroatoms. The lowest BCUT2D eigenvalue weighted by atomic mass is 10.1. The molecule has 1 aromatic carbocycles. The maximum Gasteiger partial charge on any atom is 0.337 e. The van der Waals surface area contributed by atoms with E-state index in [-0.39, 0.29) is 11.3 Å². The third-order valence-electron chi connectivity index (χ3n) is 3.80. The van der Waals surface area contributed by atoms with Crippen LogP contribution in [0.2, 0.25) is 0 Å². The zero-order valence-electron chi connectivity index (χ0n) is 12.0. The average Bonchev–Trinajstić information content (AvgIpc) is 2.39. The van der Waals surface area contributed by atoms with E-state index in [0.717, 1.165) is 31.9 Å². The number of hydrogen-bond donors (Lipinski definition) is 3. The zero-order chi connectivity index (χ0) is 14.7. The van der Waals surface area contributed by atoms with E-state index in [2.05, 4.69) is 29.2 Å². The number of benzene rings is 1. The van der Waals surface area contributed by atoms with Gasteiger partial charge in [-0.15, -0.1) is 0 Å². The van der Waals surface area contributed by atoms with Gasteiger partial charge in [0.15, 0.2) is 0 Å². The second-order valence-electron chi connectivity index (χ2n) is 5.38. The highest BCUT2D eigenvalue weighted by atomic mass is 16.4. The fourth-order valence-electron chi connectivity index (χ4n) is 2.42. The topological polar surface area (TPSA) is 81.8 Å². The van der Waals surface area contributed by atoms with E-state index in [4.69, 9.17) is 10.8 Å². The van der Waals surface area contributed by atoms with Gasteiger partial charge < -0.3 is 21.1 Å². The highest BCUT2D eigenvalue weighted by Gasteiger charge is 2.21. The van der Waals surface area contributed by atoms with Crippen LogP contribution in [0.25, 0.3) is 0 Å². The van der Waals surface area contributed by atoms with Crippen LogP contribution in [-0.4, -0.2) is 67.2 Å². The number of nitrogens with one attached hydrogen (secondary N) is 1. The number of carbonyl (C=O) groups is 1. The second-order valence-corrected chi connectivity index (χ2v) is 5.38. The predicted molar refractivity (Wildman–Crippen MR) is 80.2 cm³/mol. The van der Waals surface area contributed by atoms with Crippen LogP contribution in [0, 0.1) is 0 Å². The van der Waals surface area contributed by atoms with E-state index in [9.17, 15) is 4.79 Å². The second kappa shape index (κ2) is 6.11. The van der Waals surface area contributed by atoms with Crippen molar-refractivity contribution >= 4 is 17.3 Å². The van der Waals surface area contributed by atoms with Gasteiger partial charge in [0.05, 0.1) is 5.56 Å². The molecular weight excluding hydrogens is 256 g/mol. The number of piperazine rings is 1. The SMILES string of the molecule is CN1CCN(C)C(CNc2ccc(C(=O)O)c(N)c2)C1. The van der Waals surface area contributed by atoms with Gasteiger partial charge in [0.2, 0.25) is 0 Å². The summed E-state index contributed by atoms with van der Waals surface area (Å²) in [5.74, 6) is -0.998. The minimum absolute atomic E-state index is 0.144. The first-order valence-electron chi connectivity index (χ1n) is 6.73. The molecule has 0 aliphatic carbocycles. The molecule has 1 heterocycles. The number of aromatic carboxylic acids is 1. The molecule has 1 aliphatic rings. The lowest BCUT2D eigenvalue weighted by molar-refractivity contribution is 0.0698. The Morgan fingerprint density at radius 2 is 2.20 bits per heavy atom. The van der Waals surface area contributed by atoms with Crippen LogP contribution in [0.5, 0.6) is 0 Å². The fourth-order valence-corrected chi connectivity index (χ4v) is 2.42. The smallest absolute Gasteiger partial charge is 0.337 e. The number of hydrogen-bond acceptors (Lipinski definition) is 5. The summed E-state index contributed by atoms with van der Waals surface area (Å²) in [7, 11) is 4.25. The minimum Gasteiger partial charge on any atom is -0.478 e. The summed E-state index contributed by atoms with van der Waals surface area (Å²) in [6.07, 6.45) is 0. The van der Waals surface area contributed by atoms with Crippen molar-refractivity contribution in [2.75, 3.05) is 51.3 Å². The molecule has 1 unspecified atom stereocenters. The molecule has 1 atom stereocenters. The Morgan fingerprint density at radius 3 is 2.85 bits per heavy atom. The summed E-state index contributed by atoms with van der Waals surface area (Å²) in [5.41, 5.74) is 7.03. The van der Waals surface area contributed by atoms with Crippen molar-refractivity contribution in [3.05, 3.63) is 23.8 Å². The van der Waals surface area contributed by atoms with Gasteiger partial charge in [0, 0.05) is 43.6 Å². The highest BCUT2D eigenvalue weighted by Crippen LogP contribution is 2.18. The van der Waals surface area contributed by atoms with Crippen molar-refractivity contribution in [2.45, 2.75) is 6.04 Å². The Morgan fingerprint density at radius 1 is 1.45 bits per heavy atom. The molecule has 0 saturated carbocycles. The molecule has 2 rings (SSSR count). The predicted octanol–water partition coefficient (Wildman–Crippen LogP) is 0.625. The van der Waals surface area contributed by atoms with E-state index in [0.29, 0.717) is 6.04 Å². The number of carboxylic acids is 1. The molecule has 1 saturated heterocycles. The quantitative estimate of drug-likeness (QED) is 0.701. The Balaban J connectivity index is 1.97. The van der Waals surface area contributed by atoms with Gasteiger partial charge >= 0.3 is 5.97 Å². The van der Waals surface area contributed by atoms with Crippen LogP contribution in [0.15, 0.2) is 18.2 Å². The van der Waals surface area contributed by atoms with Gasteiger partial charge in [-0.2, -0.15) is 0 Å². The van der Waals surface area contributed by atoms with E-state index in [1.165, 1.54) is 6.07 Å². The van der Waals surface area contributed by atoms with Gasteiger partial charge in [-0.3, -0.25) is 4.90 Å². The molecule has 0 amide bonds. The summed E-state index contributed by atoms with van der Waals surface area (Å²) in [6.45, 7) is 3.98. The summed E-state index contributed by atoms with van der Waals surface area (Å²) >= 11 is 0. The summed E-state index contributed by atoms with van der Waals surface area (Å²) in [4.78, 5) is 15.6. The van der Waals surface area contributed by atoms with E-state index in [1.807, 2.05) is 0 Å². The van der Waals surface area contributed by atoms with Crippen molar-refractivity contribution in [3.63, 3.8) is 0 Å². The molecule has 1 fully saturated rings. The van der Waals surface area contributed by atoms with Crippen LogP contribution < -0.4 is 11.1 Å². The van der Waals surface area contributed by atoms with Crippen molar-refractivity contribution in [2.24, 2.45) is 0 Å². The molecule has 0 spiro atoms. The lowest BCUT2D eigenvalue weighted by Gasteiger charge is -2.37. The Bertz CT molecular complexity index is 492. The first-order valence-corrected chi connectivity index (χ1v) is 6.73. The lowest BCUT2D eigenvalue weighted by Crippen LogP contribution is -2.52. The third kappa shape index (κ3) is 3.40. The van der Waals surface area contributed by atoms with Gasteiger partial charge in [0.25, 0.3) is 0 Å². The molecular formula is C14H22N4O2. The number of rotatable bonds is 4. The summed E-state index contributed by atoms with van der Waals surface area (Å²) in [6, 6.07) is 5.41. The van der Waals surface area contributed by atoms with Gasteiger partial charge in [-0.1, -0.05) is 0 Å². The Labute approximate surface area is 119 Å². The number of likely N-dealkylation sites (N-methyl/N-ethyl adjacent to an activating group) is 2. The molecule has 20 heavy (non-hydrogen) atoms. The normalized spacial score (nSPS) is 20.8. The average molecular weight is 278 g/mol. The van der Waals surface area contributed by atoms with Crippen LogP contribution >= 0.6 is 0 Å². The zero-order valence-corrected chi connectivity index (χ0v) is 12.0. The summed E-state index contributed by atoms with van der Waals surface area (Å²) in [5, 5.41) is 12.3. The van der Waals surface area contributed by atoms with Crippen LogP contribution in [0.1, 0.15) is 10.4 Å². The van der Waals surface area contributed by atoms with Gasteiger partial charge in [-0.25, -0.2) is 4.79 Å². The monoisotopic (exact) mass is 278 g/mol. The Kier molecular flexibility index (Phi) is 4.46. The van der Waals surface area contributed by atoms with Crippen molar-refractivity contribution < 1.29 is 9.90 Å². The van der Waals surface area contributed by atoms with Crippen molar-refractivity contribution in [1.29, 1.82) is 0 Å². The number of nitrogens with zero attached hydrogens (tertiary/aromatic N) is 2. The van der Waals surface area contributed by atoms with Gasteiger partial charge in [0.1, 0.15) is 0 Å². The molecule has 0 aromatic heterocycles. The standard InChI is InChI=1S/C14H22N4O2/c1-17-5-6-18(2)11(9-17)8-16-10-3-4-12(14(19)20)13(15)7-10/h3-4,7,11,16H,5-6,8-9,15H2,1-2H3,(H,19,20). The number of nitrogens with two attached hydrogens (primary N) is 1. The first-order chi connectivity index (χ1) is 9.47. The third-order valence-corrected chi connectivity index (χ3v) is 3.80. The van der Waals surface area contributed by atoms with Gasteiger partial charge in [-0.05, 0) is 32.3 Å². The van der Waals surface area contributed by atoms with Crippen LogP contribution in [0.3, 0.4) is 0 Å². The van der Waals surface area contributed by atoms with E-state index in [1.54, 1.807) is 12.1 Å². The van der Waals surface area contributed by atoms with E-state index < -0.39 is 5.97 Å².